The van der Waals surface area contributed by atoms with E-state index in [0.29, 0.717) is 11.1 Å². The third kappa shape index (κ3) is 3.70. The molecule has 0 aliphatic heterocycles. The van der Waals surface area contributed by atoms with Crippen LogP contribution in [-0.2, 0) is 4.74 Å². The van der Waals surface area contributed by atoms with E-state index >= 15 is 0 Å². The van der Waals surface area contributed by atoms with Crippen LogP contribution in [0.4, 0.5) is 0 Å². The zero-order valence-corrected chi connectivity index (χ0v) is 12.9. The lowest BCUT2D eigenvalue weighted by Crippen LogP contribution is -2.14. The molecule has 0 amide bonds. The van der Waals surface area contributed by atoms with E-state index in [1.165, 1.54) is 6.07 Å². The molecular formula is C16H13BrO4. The van der Waals surface area contributed by atoms with Crippen molar-refractivity contribution in [1.29, 1.82) is 0 Å². The van der Waals surface area contributed by atoms with Gasteiger partial charge in [0.15, 0.2) is 12.4 Å². The van der Waals surface area contributed by atoms with Gasteiger partial charge in [0.1, 0.15) is 11.3 Å². The number of phenolic OH excluding ortho intramolecular Hbond substituents is 1. The Morgan fingerprint density at radius 2 is 1.81 bits per heavy atom. The van der Waals surface area contributed by atoms with Gasteiger partial charge < -0.3 is 9.84 Å². The highest BCUT2D eigenvalue weighted by molar-refractivity contribution is 9.10. The van der Waals surface area contributed by atoms with E-state index in [1.807, 2.05) is 0 Å². The fraction of sp³-hybridized carbons (Fsp3) is 0.125. The predicted molar refractivity (Wildman–Crippen MR) is 81.6 cm³/mol. The van der Waals surface area contributed by atoms with Crippen LogP contribution in [0.3, 0.4) is 0 Å². The van der Waals surface area contributed by atoms with Crippen LogP contribution >= 0.6 is 15.9 Å². The topological polar surface area (TPSA) is 63.6 Å². The molecule has 0 aliphatic rings. The van der Waals surface area contributed by atoms with Crippen molar-refractivity contribution in [2.45, 2.75) is 6.92 Å². The number of hydrogen-bond donors (Lipinski definition) is 1. The number of phenols is 1. The van der Waals surface area contributed by atoms with E-state index in [9.17, 15) is 14.7 Å². The standard InChI is InChI=1S/C16H13BrO4/c1-10-3-2-4-13(15(10)19)16(20)21-9-14(18)11-5-7-12(17)8-6-11/h2-8,19H,9H2,1H3. The Bertz CT molecular complexity index is 677. The number of aromatic hydroxyl groups is 1. The molecule has 0 aliphatic carbocycles. The maximum atomic E-state index is 11.9. The average molecular weight is 349 g/mol. The van der Waals surface area contributed by atoms with Crippen LogP contribution < -0.4 is 0 Å². The third-order valence-electron chi connectivity index (χ3n) is 2.96. The second kappa shape index (κ2) is 6.54. The van der Waals surface area contributed by atoms with Crippen LogP contribution in [0, 0.1) is 6.92 Å². The lowest BCUT2D eigenvalue weighted by atomic mass is 10.1. The normalized spacial score (nSPS) is 10.2. The molecule has 0 saturated carbocycles. The van der Waals surface area contributed by atoms with E-state index < -0.39 is 5.97 Å². The number of esters is 1. The van der Waals surface area contributed by atoms with Crippen LogP contribution in [0.5, 0.6) is 5.75 Å². The van der Waals surface area contributed by atoms with Gasteiger partial charge in [-0.15, -0.1) is 0 Å². The SMILES string of the molecule is Cc1cccc(C(=O)OCC(=O)c2ccc(Br)cc2)c1O. The zero-order chi connectivity index (χ0) is 15.4. The second-order valence-corrected chi connectivity index (χ2v) is 5.39. The first-order valence-electron chi connectivity index (χ1n) is 6.23. The van der Waals surface area contributed by atoms with E-state index in [0.717, 1.165) is 4.47 Å². The van der Waals surface area contributed by atoms with Gasteiger partial charge in [0.25, 0.3) is 0 Å². The van der Waals surface area contributed by atoms with Gasteiger partial charge >= 0.3 is 5.97 Å². The maximum Gasteiger partial charge on any atom is 0.342 e. The summed E-state index contributed by atoms with van der Waals surface area (Å²) in [5.74, 6) is -1.15. The molecule has 0 atom stereocenters. The highest BCUT2D eigenvalue weighted by Gasteiger charge is 2.16. The molecule has 2 aromatic carbocycles. The summed E-state index contributed by atoms with van der Waals surface area (Å²) >= 11 is 3.28. The number of benzene rings is 2. The quantitative estimate of drug-likeness (QED) is 0.678. The molecule has 4 nitrogen and oxygen atoms in total. The van der Waals surface area contributed by atoms with Gasteiger partial charge in [-0.1, -0.05) is 40.2 Å². The number of aryl methyl sites for hydroxylation is 1. The number of carbonyl (C=O) groups excluding carboxylic acids is 2. The summed E-state index contributed by atoms with van der Waals surface area (Å²) < 4.78 is 5.81. The van der Waals surface area contributed by atoms with Crippen LogP contribution in [0.15, 0.2) is 46.9 Å². The van der Waals surface area contributed by atoms with Crippen LogP contribution in [-0.4, -0.2) is 23.5 Å². The molecule has 21 heavy (non-hydrogen) atoms. The van der Waals surface area contributed by atoms with Crippen molar-refractivity contribution in [1.82, 2.24) is 0 Å². The number of para-hydroxylation sites is 1. The van der Waals surface area contributed by atoms with Crippen molar-refractivity contribution in [3.05, 3.63) is 63.6 Å². The maximum absolute atomic E-state index is 11.9. The Kier molecular flexibility index (Phi) is 4.75. The first-order valence-corrected chi connectivity index (χ1v) is 7.03. The summed E-state index contributed by atoms with van der Waals surface area (Å²) in [5, 5.41) is 9.79. The fourth-order valence-electron chi connectivity index (χ4n) is 1.75. The molecule has 1 N–H and O–H groups in total. The molecular weight excluding hydrogens is 336 g/mol. The lowest BCUT2D eigenvalue weighted by Gasteiger charge is -2.07. The van der Waals surface area contributed by atoms with Gasteiger partial charge in [-0.3, -0.25) is 4.79 Å². The van der Waals surface area contributed by atoms with E-state index in [2.05, 4.69) is 15.9 Å². The van der Waals surface area contributed by atoms with Crippen molar-refractivity contribution in [2.24, 2.45) is 0 Å². The summed E-state index contributed by atoms with van der Waals surface area (Å²) in [4.78, 5) is 23.8. The van der Waals surface area contributed by atoms with Gasteiger partial charge in [-0.05, 0) is 30.7 Å². The fourth-order valence-corrected chi connectivity index (χ4v) is 2.02. The molecule has 2 rings (SSSR count). The Balaban J connectivity index is 2.02. The molecule has 0 saturated heterocycles. The molecule has 5 heteroatoms. The molecule has 0 bridgehead atoms. The van der Waals surface area contributed by atoms with Gasteiger partial charge in [0, 0.05) is 10.0 Å². The van der Waals surface area contributed by atoms with Crippen LogP contribution in [0.1, 0.15) is 26.3 Å². The molecule has 2 aromatic rings. The van der Waals surface area contributed by atoms with Crippen molar-refractivity contribution < 1.29 is 19.4 Å². The summed E-state index contributed by atoms with van der Waals surface area (Å²) in [6.07, 6.45) is 0. The summed E-state index contributed by atoms with van der Waals surface area (Å²) in [6.45, 7) is 1.31. The van der Waals surface area contributed by atoms with Crippen LogP contribution in [0.2, 0.25) is 0 Å². The van der Waals surface area contributed by atoms with Gasteiger partial charge in [-0.2, -0.15) is 0 Å². The molecule has 0 heterocycles. The number of carbonyl (C=O) groups is 2. The monoisotopic (exact) mass is 348 g/mol. The van der Waals surface area contributed by atoms with Gasteiger partial charge in [0.2, 0.25) is 0 Å². The molecule has 108 valence electrons. The minimum Gasteiger partial charge on any atom is -0.507 e. The molecule has 0 fully saturated rings. The Morgan fingerprint density at radius 3 is 2.48 bits per heavy atom. The molecule has 0 spiro atoms. The summed E-state index contributed by atoms with van der Waals surface area (Å²) in [6, 6.07) is 11.5. The van der Waals surface area contributed by atoms with Gasteiger partial charge in [0.05, 0.1) is 0 Å². The highest BCUT2D eigenvalue weighted by Crippen LogP contribution is 2.22. The number of ketones is 1. The van der Waals surface area contributed by atoms with E-state index in [1.54, 1.807) is 43.3 Å². The first kappa shape index (κ1) is 15.3. The van der Waals surface area contributed by atoms with E-state index in [-0.39, 0.29) is 23.7 Å². The molecule has 0 radical (unpaired) electrons. The average Bonchev–Trinajstić information content (AvgIpc) is 2.48. The number of halogens is 1. The summed E-state index contributed by atoms with van der Waals surface area (Å²) in [7, 11) is 0. The Hall–Kier alpha value is -2.14. The Morgan fingerprint density at radius 1 is 1.14 bits per heavy atom. The van der Waals surface area contributed by atoms with Crippen molar-refractivity contribution in [2.75, 3.05) is 6.61 Å². The van der Waals surface area contributed by atoms with Crippen molar-refractivity contribution in [3.63, 3.8) is 0 Å². The van der Waals surface area contributed by atoms with E-state index in [4.69, 9.17) is 4.74 Å². The predicted octanol–water partition coefficient (Wildman–Crippen LogP) is 3.50. The van der Waals surface area contributed by atoms with Crippen LogP contribution in [0.25, 0.3) is 0 Å². The minimum atomic E-state index is -0.721. The third-order valence-corrected chi connectivity index (χ3v) is 3.49. The number of rotatable bonds is 4. The van der Waals surface area contributed by atoms with Gasteiger partial charge in [-0.25, -0.2) is 4.79 Å². The highest BCUT2D eigenvalue weighted by atomic mass is 79.9. The smallest absolute Gasteiger partial charge is 0.342 e. The number of hydrogen-bond acceptors (Lipinski definition) is 4. The molecule has 0 unspecified atom stereocenters. The van der Waals surface area contributed by atoms with Crippen molar-refractivity contribution in [3.8, 4) is 5.75 Å². The van der Waals surface area contributed by atoms with Crippen molar-refractivity contribution >= 4 is 27.7 Å². The minimum absolute atomic E-state index is 0.0543. The zero-order valence-electron chi connectivity index (χ0n) is 11.3. The number of Topliss-reactive ketones (excluding diaryl/α,β-unsaturated/α-hetero) is 1. The number of ether oxygens (including phenoxy) is 1. The first-order chi connectivity index (χ1) is 9.99. The lowest BCUT2D eigenvalue weighted by molar-refractivity contribution is 0.0471. The Labute approximate surface area is 130 Å². The molecule has 0 aromatic heterocycles. The second-order valence-electron chi connectivity index (χ2n) is 4.48. The summed E-state index contributed by atoms with van der Waals surface area (Å²) in [5.41, 5.74) is 1.08. The largest absolute Gasteiger partial charge is 0.507 e.